The molecule has 116 valence electrons. The molecule has 0 fully saturated rings. The van der Waals surface area contributed by atoms with Crippen LogP contribution >= 0.6 is 0 Å². The Balaban J connectivity index is 3.41. The van der Waals surface area contributed by atoms with E-state index in [4.69, 9.17) is 0 Å². The van der Waals surface area contributed by atoms with Gasteiger partial charge in [0.2, 0.25) is 5.75 Å². The zero-order valence-corrected chi connectivity index (χ0v) is 11.1. The molecule has 1 rings (SSSR count). The van der Waals surface area contributed by atoms with Crippen LogP contribution in [0.1, 0.15) is 5.56 Å². The number of rotatable bonds is 3. The minimum absolute atomic E-state index is 0.436. The molecule has 0 heterocycles. The summed E-state index contributed by atoms with van der Waals surface area (Å²) in [6.07, 6.45) is 0. The molecule has 0 saturated carbocycles. The molecule has 0 aliphatic heterocycles. The standard InChI is InChI=1S/C9H8BF3O7S/c1-2(20-21(18,19)9(11,12)13)3-5(14)4(10)7(16)8(17)6(3)15/h14-17H,1,10H2. The highest BCUT2D eigenvalue weighted by atomic mass is 32.2. The van der Waals surface area contributed by atoms with Crippen LogP contribution in [0.2, 0.25) is 0 Å². The minimum Gasteiger partial charge on any atom is -0.507 e. The van der Waals surface area contributed by atoms with Crippen LogP contribution in [0.4, 0.5) is 13.2 Å². The van der Waals surface area contributed by atoms with Crippen LogP contribution in [0.5, 0.6) is 23.0 Å². The van der Waals surface area contributed by atoms with Gasteiger partial charge in [-0.25, -0.2) is 0 Å². The van der Waals surface area contributed by atoms with Gasteiger partial charge < -0.3 is 24.6 Å². The van der Waals surface area contributed by atoms with Gasteiger partial charge in [0.15, 0.2) is 17.3 Å². The number of aromatic hydroxyl groups is 4. The number of halogens is 3. The summed E-state index contributed by atoms with van der Waals surface area (Å²) in [7, 11) is -5.04. The summed E-state index contributed by atoms with van der Waals surface area (Å²) in [6.45, 7) is 2.84. The van der Waals surface area contributed by atoms with E-state index >= 15 is 0 Å². The Morgan fingerprint density at radius 1 is 1.05 bits per heavy atom. The third-order valence-electron chi connectivity index (χ3n) is 2.41. The number of hydrogen-bond donors (Lipinski definition) is 4. The van der Waals surface area contributed by atoms with Crippen molar-refractivity contribution in [3.63, 3.8) is 0 Å². The Bertz CT molecular complexity index is 682. The molecule has 21 heavy (non-hydrogen) atoms. The van der Waals surface area contributed by atoms with Crippen LogP contribution in [0.3, 0.4) is 0 Å². The maximum Gasteiger partial charge on any atom is 0.534 e. The van der Waals surface area contributed by atoms with Gasteiger partial charge in [0.1, 0.15) is 19.2 Å². The molecular formula is C9H8BF3O7S. The zero-order chi connectivity index (χ0) is 16.7. The van der Waals surface area contributed by atoms with E-state index in [-0.39, 0.29) is 0 Å². The largest absolute Gasteiger partial charge is 0.534 e. The number of hydrogen-bond acceptors (Lipinski definition) is 7. The van der Waals surface area contributed by atoms with Gasteiger partial charge in [-0.2, -0.15) is 21.6 Å². The molecule has 0 bridgehead atoms. The Hall–Kier alpha value is -2.24. The highest BCUT2D eigenvalue weighted by Crippen LogP contribution is 2.44. The topological polar surface area (TPSA) is 124 Å². The summed E-state index contributed by atoms with van der Waals surface area (Å²) in [5.74, 6) is -5.72. The summed E-state index contributed by atoms with van der Waals surface area (Å²) in [6, 6.07) is 0. The molecule has 0 unspecified atom stereocenters. The first-order valence-electron chi connectivity index (χ1n) is 4.97. The van der Waals surface area contributed by atoms with Gasteiger partial charge >= 0.3 is 15.6 Å². The Morgan fingerprint density at radius 3 is 1.95 bits per heavy atom. The van der Waals surface area contributed by atoms with Crippen molar-refractivity contribution in [1.29, 1.82) is 0 Å². The predicted octanol–water partition coefficient (Wildman–Crippen LogP) is -0.396. The molecule has 1 aromatic carbocycles. The fourth-order valence-electron chi connectivity index (χ4n) is 1.31. The maximum atomic E-state index is 12.2. The van der Waals surface area contributed by atoms with E-state index in [1.165, 1.54) is 0 Å². The lowest BCUT2D eigenvalue weighted by molar-refractivity contribution is -0.0509. The van der Waals surface area contributed by atoms with Gasteiger partial charge in [0.25, 0.3) is 0 Å². The molecule has 0 aliphatic carbocycles. The molecular weight excluding hydrogens is 320 g/mol. The SMILES string of the molecule is Bc1c(O)c(O)c(O)c(C(=C)OS(=O)(=O)C(F)(F)F)c1O. The van der Waals surface area contributed by atoms with Crippen molar-refractivity contribution in [2.24, 2.45) is 0 Å². The average Bonchev–Trinajstić information content (AvgIpc) is 2.32. The van der Waals surface area contributed by atoms with Crippen molar-refractivity contribution in [2.75, 3.05) is 0 Å². The van der Waals surface area contributed by atoms with E-state index in [0.717, 1.165) is 7.85 Å². The van der Waals surface area contributed by atoms with E-state index in [2.05, 4.69) is 10.8 Å². The highest BCUT2D eigenvalue weighted by molar-refractivity contribution is 7.87. The molecule has 0 aromatic heterocycles. The van der Waals surface area contributed by atoms with Gasteiger partial charge in [-0.3, -0.25) is 0 Å². The summed E-state index contributed by atoms with van der Waals surface area (Å²) in [5.41, 5.74) is -7.19. The Morgan fingerprint density at radius 2 is 1.52 bits per heavy atom. The molecule has 0 atom stereocenters. The van der Waals surface area contributed by atoms with Gasteiger partial charge in [-0.15, -0.1) is 0 Å². The van der Waals surface area contributed by atoms with Crippen LogP contribution in [0.15, 0.2) is 6.58 Å². The first-order valence-corrected chi connectivity index (χ1v) is 6.38. The number of phenolic OH excluding ortho intramolecular Hbond substituents is 4. The summed E-state index contributed by atoms with van der Waals surface area (Å²) >= 11 is 0. The summed E-state index contributed by atoms with van der Waals surface area (Å²) in [5, 5.41) is 37.7. The normalized spacial score (nSPS) is 12.1. The number of benzene rings is 1. The average molecular weight is 328 g/mol. The van der Waals surface area contributed by atoms with Crippen LogP contribution in [0.25, 0.3) is 5.76 Å². The van der Waals surface area contributed by atoms with Gasteiger partial charge in [-0.1, -0.05) is 6.58 Å². The third-order valence-corrected chi connectivity index (χ3v) is 3.39. The molecule has 0 aliphatic rings. The van der Waals surface area contributed by atoms with E-state index in [9.17, 15) is 42.0 Å². The fourth-order valence-corrected chi connectivity index (χ4v) is 1.75. The Kier molecular flexibility index (Phi) is 3.96. The monoisotopic (exact) mass is 328 g/mol. The quantitative estimate of drug-likeness (QED) is 0.149. The number of alkyl halides is 3. The van der Waals surface area contributed by atoms with Crippen molar-refractivity contribution >= 4 is 29.2 Å². The van der Waals surface area contributed by atoms with Gasteiger partial charge in [-0.05, 0) is 5.46 Å². The zero-order valence-electron chi connectivity index (χ0n) is 10.3. The molecule has 0 amide bonds. The summed E-state index contributed by atoms with van der Waals surface area (Å²) < 4.78 is 61.8. The first-order chi connectivity index (χ1) is 9.31. The van der Waals surface area contributed by atoms with Crippen molar-refractivity contribution < 1.29 is 46.2 Å². The van der Waals surface area contributed by atoms with Crippen LogP contribution in [0, 0.1) is 0 Å². The van der Waals surface area contributed by atoms with E-state index in [0.29, 0.717) is 0 Å². The van der Waals surface area contributed by atoms with Crippen LogP contribution in [-0.2, 0) is 14.3 Å². The minimum atomic E-state index is -6.08. The van der Waals surface area contributed by atoms with E-state index in [1.807, 2.05) is 0 Å². The van der Waals surface area contributed by atoms with E-state index in [1.54, 1.807) is 0 Å². The van der Waals surface area contributed by atoms with Crippen molar-refractivity contribution in [3.05, 3.63) is 12.1 Å². The van der Waals surface area contributed by atoms with Crippen LogP contribution in [-0.4, -0.2) is 42.2 Å². The molecule has 0 radical (unpaired) electrons. The lowest BCUT2D eigenvalue weighted by Crippen LogP contribution is -2.25. The van der Waals surface area contributed by atoms with Crippen molar-refractivity contribution in [3.8, 4) is 23.0 Å². The smallest absolute Gasteiger partial charge is 0.507 e. The molecule has 7 nitrogen and oxygen atoms in total. The Labute approximate surface area is 117 Å². The molecule has 4 N–H and O–H groups in total. The number of phenols is 4. The predicted molar refractivity (Wildman–Crippen MR) is 66.4 cm³/mol. The summed E-state index contributed by atoms with van der Waals surface area (Å²) in [4.78, 5) is 0. The second kappa shape index (κ2) is 4.95. The first kappa shape index (κ1) is 16.8. The van der Waals surface area contributed by atoms with Crippen LogP contribution < -0.4 is 5.46 Å². The second-order valence-corrected chi connectivity index (χ2v) is 5.34. The van der Waals surface area contributed by atoms with E-state index < -0.39 is 55.4 Å². The maximum absolute atomic E-state index is 12.2. The van der Waals surface area contributed by atoms with Gasteiger partial charge in [0, 0.05) is 0 Å². The van der Waals surface area contributed by atoms with Crippen molar-refractivity contribution in [1.82, 2.24) is 0 Å². The molecule has 12 heteroatoms. The fraction of sp³-hybridized carbons (Fsp3) is 0.111. The molecule has 0 saturated heterocycles. The molecule has 0 spiro atoms. The lowest BCUT2D eigenvalue weighted by Gasteiger charge is -2.16. The molecule has 1 aromatic rings. The second-order valence-electron chi connectivity index (χ2n) is 3.80. The third kappa shape index (κ3) is 2.79. The lowest BCUT2D eigenvalue weighted by atomic mass is 9.90. The van der Waals surface area contributed by atoms with Crippen molar-refractivity contribution in [2.45, 2.75) is 5.51 Å². The van der Waals surface area contributed by atoms with Gasteiger partial charge in [0.05, 0.1) is 0 Å². The highest BCUT2D eigenvalue weighted by Gasteiger charge is 2.49.